The summed E-state index contributed by atoms with van der Waals surface area (Å²) in [6.07, 6.45) is 0.408. The van der Waals surface area contributed by atoms with Crippen molar-refractivity contribution in [3.05, 3.63) is 29.3 Å². The molecule has 0 aliphatic heterocycles. The molecule has 1 rings (SSSR count). The zero-order valence-electron chi connectivity index (χ0n) is 12.4. The predicted octanol–water partition coefficient (Wildman–Crippen LogP) is 2.42. The van der Waals surface area contributed by atoms with E-state index < -0.39 is 5.97 Å². The normalized spacial score (nSPS) is 10.2. The van der Waals surface area contributed by atoms with Crippen molar-refractivity contribution in [2.75, 3.05) is 26.5 Å². The highest BCUT2D eigenvalue weighted by Crippen LogP contribution is 2.21. The van der Waals surface area contributed by atoms with Gasteiger partial charge in [-0.15, -0.1) is 11.8 Å². The first kappa shape index (κ1) is 16.6. The van der Waals surface area contributed by atoms with Crippen LogP contribution in [0.15, 0.2) is 23.1 Å². The van der Waals surface area contributed by atoms with Crippen molar-refractivity contribution in [3.8, 4) is 0 Å². The summed E-state index contributed by atoms with van der Waals surface area (Å²) in [5.74, 6) is 0.252. The van der Waals surface area contributed by atoms with Crippen molar-refractivity contribution in [2.45, 2.75) is 25.2 Å². The van der Waals surface area contributed by atoms with Gasteiger partial charge in [0.25, 0.3) is 0 Å². The SMILES string of the molecule is COC(=O)CN(C)C(=O)CCSc1ccc(C)c(C)c1. The van der Waals surface area contributed by atoms with E-state index in [2.05, 4.69) is 36.8 Å². The highest BCUT2D eigenvalue weighted by molar-refractivity contribution is 7.99. The van der Waals surface area contributed by atoms with Crippen LogP contribution in [0.4, 0.5) is 0 Å². The Morgan fingerprint density at radius 1 is 1.25 bits per heavy atom. The molecule has 110 valence electrons. The smallest absolute Gasteiger partial charge is 0.325 e. The molecule has 0 atom stereocenters. The summed E-state index contributed by atoms with van der Waals surface area (Å²) in [5.41, 5.74) is 2.52. The molecule has 0 aliphatic rings. The van der Waals surface area contributed by atoms with Gasteiger partial charge in [0.1, 0.15) is 6.54 Å². The Kier molecular flexibility index (Phi) is 6.58. The van der Waals surface area contributed by atoms with Crippen molar-refractivity contribution < 1.29 is 14.3 Å². The second-order valence-electron chi connectivity index (χ2n) is 4.67. The molecule has 5 heteroatoms. The zero-order valence-corrected chi connectivity index (χ0v) is 13.3. The number of ether oxygens (including phenoxy) is 1. The Labute approximate surface area is 124 Å². The Hall–Kier alpha value is -1.49. The quantitative estimate of drug-likeness (QED) is 0.597. The largest absolute Gasteiger partial charge is 0.468 e. The second kappa shape index (κ2) is 7.94. The minimum atomic E-state index is -0.400. The summed E-state index contributed by atoms with van der Waals surface area (Å²) in [7, 11) is 2.93. The molecule has 0 unspecified atom stereocenters. The van der Waals surface area contributed by atoms with Crippen molar-refractivity contribution in [2.24, 2.45) is 0 Å². The number of hydrogen-bond acceptors (Lipinski definition) is 4. The number of rotatable bonds is 6. The maximum absolute atomic E-state index is 11.8. The van der Waals surface area contributed by atoms with Crippen LogP contribution in [0.3, 0.4) is 0 Å². The van der Waals surface area contributed by atoms with Crippen LogP contribution in [-0.2, 0) is 14.3 Å². The van der Waals surface area contributed by atoms with Gasteiger partial charge in [-0.25, -0.2) is 0 Å². The van der Waals surface area contributed by atoms with Gasteiger partial charge in [0.2, 0.25) is 5.91 Å². The predicted molar refractivity (Wildman–Crippen MR) is 80.9 cm³/mol. The number of esters is 1. The summed E-state index contributed by atoms with van der Waals surface area (Å²) < 4.78 is 4.53. The molecular formula is C15H21NO3S. The molecule has 1 aromatic rings. The van der Waals surface area contributed by atoms with Crippen LogP contribution in [-0.4, -0.2) is 43.2 Å². The van der Waals surface area contributed by atoms with E-state index in [0.29, 0.717) is 12.2 Å². The van der Waals surface area contributed by atoms with E-state index in [9.17, 15) is 9.59 Å². The number of benzene rings is 1. The summed E-state index contributed by atoms with van der Waals surface area (Å²) in [6, 6.07) is 6.28. The molecule has 0 heterocycles. The molecule has 0 spiro atoms. The standard InChI is InChI=1S/C15H21NO3S/c1-11-5-6-13(9-12(11)2)20-8-7-14(17)16(3)10-15(18)19-4/h5-6,9H,7-8,10H2,1-4H3. The lowest BCUT2D eigenvalue weighted by atomic mass is 10.1. The van der Waals surface area contributed by atoms with E-state index in [4.69, 9.17) is 0 Å². The minimum absolute atomic E-state index is 0.00361. The monoisotopic (exact) mass is 295 g/mol. The Balaban J connectivity index is 2.38. The molecule has 0 saturated carbocycles. The van der Waals surface area contributed by atoms with E-state index in [1.54, 1.807) is 18.8 Å². The van der Waals surface area contributed by atoms with Crippen LogP contribution in [0.2, 0.25) is 0 Å². The first-order valence-electron chi connectivity index (χ1n) is 6.45. The van der Waals surface area contributed by atoms with Gasteiger partial charge in [0.05, 0.1) is 7.11 Å². The molecule has 0 bridgehead atoms. The van der Waals surface area contributed by atoms with Gasteiger partial charge < -0.3 is 9.64 Å². The summed E-state index contributed by atoms with van der Waals surface area (Å²) in [4.78, 5) is 25.4. The summed E-state index contributed by atoms with van der Waals surface area (Å²) >= 11 is 1.65. The number of nitrogens with zero attached hydrogens (tertiary/aromatic N) is 1. The average molecular weight is 295 g/mol. The second-order valence-corrected chi connectivity index (χ2v) is 5.84. The van der Waals surface area contributed by atoms with Gasteiger partial charge in [-0.1, -0.05) is 6.07 Å². The lowest BCUT2D eigenvalue weighted by molar-refractivity contribution is -0.145. The van der Waals surface area contributed by atoms with Crippen LogP contribution < -0.4 is 0 Å². The maximum Gasteiger partial charge on any atom is 0.325 e. The number of hydrogen-bond donors (Lipinski definition) is 0. The molecule has 20 heavy (non-hydrogen) atoms. The molecule has 0 radical (unpaired) electrons. The van der Waals surface area contributed by atoms with Gasteiger partial charge >= 0.3 is 5.97 Å². The number of aryl methyl sites for hydroxylation is 2. The van der Waals surface area contributed by atoms with Crippen LogP contribution in [0, 0.1) is 13.8 Å². The van der Waals surface area contributed by atoms with E-state index >= 15 is 0 Å². The van der Waals surface area contributed by atoms with E-state index in [-0.39, 0.29) is 12.5 Å². The molecule has 0 saturated heterocycles. The van der Waals surface area contributed by atoms with E-state index in [1.165, 1.54) is 23.1 Å². The fraction of sp³-hybridized carbons (Fsp3) is 0.467. The first-order valence-corrected chi connectivity index (χ1v) is 7.43. The molecule has 0 N–H and O–H groups in total. The molecule has 4 nitrogen and oxygen atoms in total. The van der Waals surface area contributed by atoms with Gasteiger partial charge in [0.15, 0.2) is 0 Å². The fourth-order valence-corrected chi connectivity index (χ4v) is 2.53. The maximum atomic E-state index is 11.8. The molecule has 0 aliphatic carbocycles. The molecule has 1 aromatic carbocycles. The summed E-state index contributed by atoms with van der Waals surface area (Å²) in [5, 5.41) is 0. The van der Waals surface area contributed by atoms with Crippen LogP contribution in [0.25, 0.3) is 0 Å². The number of methoxy groups -OCH3 is 1. The molecular weight excluding hydrogens is 274 g/mol. The first-order chi connectivity index (χ1) is 9.43. The van der Waals surface area contributed by atoms with Gasteiger partial charge in [-0.2, -0.15) is 0 Å². The lowest BCUT2D eigenvalue weighted by Crippen LogP contribution is -2.32. The number of carbonyl (C=O) groups is 2. The average Bonchev–Trinajstić information content (AvgIpc) is 2.42. The highest BCUT2D eigenvalue weighted by atomic mass is 32.2. The topological polar surface area (TPSA) is 46.6 Å². The van der Waals surface area contributed by atoms with Crippen LogP contribution in [0.5, 0.6) is 0 Å². The summed E-state index contributed by atoms with van der Waals surface area (Å²) in [6.45, 7) is 4.16. The Morgan fingerprint density at radius 2 is 1.95 bits per heavy atom. The van der Waals surface area contributed by atoms with Gasteiger partial charge in [0, 0.05) is 24.1 Å². The minimum Gasteiger partial charge on any atom is -0.468 e. The Bertz CT molecular complexity index is 488. The van der Waals surface area contributed by atoms with Gasteiger partial charge in [-0.05, 0) is 37.1 Å². The number of likely N-dealkylation sites (N-methyl/N-ethyl adjacent to an activating group) is 1. The number of amides is 1. The van der Waals surface area contributed by atoms with Crippen molar-refractivity contribution in [3.63, 3.8) is 0 Å². The van der Waals surface area contributed by atoms with Gasteiger partial charge in [-0.3, -0.25) is 9.59 Å². The molecule has 0 fully saturated rings. The third-order valence-electron chi connectivity index (χ3n) is 3.08. The highest BCUT2D eigenvalue weighted by Gasteiger charge is 2.12. The zero-order chi connectivity index (χ0) is 15.1. The fourth-order valence-electron chi connectivity index (χ4n) is 1.60. The van der Waals surface area contributed by atoms with E-state index in [1.807, 2.05) is 0 Å². The van der Waals surface area contributed by atoms with Crippen molar-refractivity contribution in [1.29, 1.82) is 0 Å². The lowest BCUT2D eigenvalue weighted by Gasteiger charge is -2.15. The van der Waals surface area contributed by atoms with Crippen molar-refractivity contribution in [1.82, 2.24) is 4.90 Å². The third kappa shape index (κ3) is 5.25. The molecule has 1 amide bonds. The molecule has 0 aromatic heterocycles. The van der Waals surface area contributed by atoms with Crippen LogP contribution >= 0.6 is 11.8 Å². The third-order valence-corrected chi connectivity index (χ3v) is 4.08. The number of carbonyl (C=O) groups excluding carboxylic acids is 2. The Morgan fingerprint density at radius 3 is 2.55 bits per heavy atom. The van der Waals surface area contributed by atoms with Crippen LogP contribution in [0.1, 0.15) is 17.5 Å². The van der Waals surface area contributed by atoms with E-state index in [0.717, 1.165) is 4.90 Å². The van der Waals surface area contributed by atoms with Crippen molar-refractivity contribution >= 4 is 23.6 Å². The number of thioether (sulfide) groups is 1.